The number of fused-ring (bicyclic) bond motifs is 2. The first-order valence-electron chi connectivity index (χ1n) is 10.3. The van der Waals surface area contributed by atoms with E-state index < -0.39 is 24.2 Å². The predicted molar refractivity (Wildman–Crippen MR) is 116 cm³/mol. The highest BCUT2D eigenvalue weighted by molar-refractivity contribution is 9.10. The molecule has 12 heteroatoms. The van der Waals surface area contributed by atoms with Gasteiger partial charge in [0.15, 0.2) is 0 Å². The van der Waals surface area contributed by atoms with Gasteiger partial charge in [-0.1, -0.05) is 28.1 Å². The molecular weight excluding hydrogens is 544 g/mol. The largest absolute Gasteiger partial charge is 0.471 e. The van der Waals surface area contributed by atoms with E-state index in [-0.39, 0.29) is 26.2 Å². The molecule has 0 saturated carbocycles. The molecule has 0 N–H and O–H groups in total. The van der Waals surface area contributed by atoms with Gasteiger partial charge in [-0.2, -0.15) is 31.6 Å². The Labute approximate surface area is 205 Å². The molecule has 0 aliphatic carbocycles. The van der Waals surface area contributed by atoms with Crippen molar-refractivity contribution < 1.29 is 35.9 Å². The van der Waals surface area contributed by atoms with Crippen molar-refractivity contribution in [3.05, 3.63) is 68.7 Å². The first-order valence-corrected chi connectivity index (χ1v) is 11.1. The maximum absolute atomic E-state index is 12.3. The third-order valence-corrected chi connectivity index (χ3v) is 6.08. The molecular formula is C23H18BrF6N3O2. The van der Waals surface area contributed by atoms with Crippen molar-refractivity contribution in [2.24, 2.45) is 0 Å². The van der Waals surface area contributed by atoms with Gasteiger partial charge in [-0.15, -0.1) is 0 Å². The molecule has 0 bridgehead atoms. The van der Waals surface area contributed by atoms with Crippen molar-refractivity contribution in [1.82, 2.24) is 9.80 Å². The standard InChI is InChI=1S/C12H9F3N2O.C11H9BrF3NO/c13-12(14,15)11(18)17-4-3-9-5-8(6-16)1-2-10(9)7-17;12-9-2-1-8-6-16(4-3-7(8)5-9)10(17)11(13,14)15/h1-2,5H,3-4,7H2;1-2,5H,3-4,6H2. The molecule has 0 radical (unpaired) electrons. The van der Waals surface area contributed by atoms with Crippen molar-refractivity contribution in [1.29, 1.82) is 5.26 Å². The van der Waals surface area contributed by atoms with E-state index in [9.17, 15) is 35.9 Å². The van der Waals surface area contributed by atoms with Crippen LogP contribution in [0.2, 0.25) is 0 Å². The molecule has 2 aliphatic heterocycles. The lowest BCUT2D eigenvalue weighted by Gasteiger charge is -2.29. The minimum atomic E-state index is -4.83. The quantitative estimate of drug-likeness (QED) is 0.430. The molecule has 0 spiro atoms. The first-order chi connectivity index (χ1) is 16.3. The molecule has 2 heterocycles. The topological polar surface area (TPSA) is 64.4 Å². The Morgan fingerprint density at radius 1 is 0.771 bits per heavy atom. The third kappa shape index (κ3) is 6.54. The van der Waals surface area contributed by atoms with E-state index in [0.29, 0.717) is 24.0 Å². The van der Waals surface area contributed by atoms with Crippen LogP contribution in [-0.2, 0) is 35.5 Å². The third-order valence-electron chi connectivity index (χ3n) is 5.59. The maximum atomic E-state index is 12.3. The number of alkyl halides is 6. The fraction of sp³-hybridized carbons (Fsp3) is 0.348. The highest BCUT2D eigenvalue weighted by Crippen LogP contribution is 2.27. The summed E-state index contributed by atoms with van der Waals surface area (Å²) in [6.45, 7) is 0.113. The van der Waals surface area contributed by atoms with Crippen LogP contribution in [0.5, 0.6) is 0 Å². The van der Waals surface area contributed by atoms with Gasteiger partial charge in [-0.3, -0.25) is 9.59 Å². The van der Waals surface area contributed by atoms with Crippen LogP contribution in [0, 0.1) is 11.3 Å². The summed E-state index contributed by atoms with van der Waals surface area (Å²) in [7, 11) is 0. The second-order valence-corrected chi connectivity index (χ2v) is 8.87. The van der Waals surface area contributed by atoms with Gasteiger partial charge < -0.3 is 9.80 Å². The average Bonchev–Trinajstić information content (AvgIpc) is 2.81. The number of rotatable bonds is 0. The van der Waals surface area contributed by atoms with Crippen LogP contribution in [0.4, 0.5) is 26.3 Å². The Kier molecular flexibility index (Phi) is 7.79. The zero-order chi connectivity index (χ0) is 26.0. The summed E-state index contributed by atoms with van der Waals surface area (Å²) in [6.07, 6.45) is -8.82. The molecule has 35 heavy (non-hydrogen) atoms. The van der Waals surface area contributed by atoms with Gasteiger partial charge in [0.05, 0.1) is 11.6 Å². The minimum absolute atomic E-state index is 0.0280. The zero-order valence-electron chi connectivity index (χ0n) is 18.0. The molecule has 2 amide bonds. The number of nitriles is 1. The van der Waals surface area contributed by atoms with Crippen molar-refractivity contribution in [2.45, 2.75) is 38.3 Å². The predicted octanol–water partition coefficient (Wildman–Crippen LogP) is 4.90. The van der Waals surface area contributed by atoms with Crippen molar-refractivity contribution in [3.8, 4) is 6.07 Å². The molecule has 0 aromatic heterocycles. The molecule has 4 rings (SSSR count). The van der Waals surface area contributed by atoms with Crippen LogP contribution in [-0.4, -0.2) is 47.1 Å². The van der Waals surface area contributed by atoms with Crippen LogP contribution in [0.3, 0.4) is 0 Å². The number of carbonyl (C=O) groups excluding carboxylic acids is 2. The molecule has 0 atom stereocenters. The number of amides is 2. The molecule has 2 aliphatic rings. The Bertz CT molecular complexity index is 1170. The van der Waals surface area contributed by atoms with Crippen LogP contribution in [0.1, 0.15) is 27.8 Å². The van der Waals surface area contributed by atoms with E-state index >= 15 is 0 Å². The van der Waals surface area contributed by atoms with Crippen molar-refractivity contribution in [2.75, 3.05) is 13.1 Å². The van der Waals surface area contributed by atoms with Crippen LogP contribution < -0.4 is 0 Å². The van der Waals surface area contributed by atoms with Gasteiger partial charge in [0.2, 0.25) is 0 Å². The molecule has 0 saturated heterocycles. The summed E-state index contributed by atoms with van der Waals surface area (Å²) in [5.74, 6) is -3.57. The SMILES string of the molecule is N#Cc1ccc2c(c1)CCN(C(=O)C(F)(F)F)C2.O=C(N1CCc2cc(Br)ccc2C1)C(F)(F)F. The number of hydrogen-bond acceptors (Lipinski definition) is 3. The molecule has 0 unspecified atom stereocenters. The van der Waals surface area contributed by atoms with Crippen LogP contribution in [0.25, 0.3) is 0 Å². The number of nitrogens with zero attached hydrogens (tertiary/aromatic N) is 3. The smallest absolute Gasteiger partial charge is 0.330 e. The lowest BCUT2D eigenvalue weighted by molar-refractivity contribution is -0.186. The number of benzene rings is 2. The lowest BCUT2D eigenvalue weighted by atomic mass is 9.97. The Hall–Kier alpha value is -3.07. The Morgan fingerprint density at radius 2 is 1.23 bits per heavy atom. The second kappa shape index (κ2) is 10.3. The summed E-state index contributed by atoms with van der Waals surface area (Å²) in [5.41, 5.74) is 3.74. The van der Waals surface area contributed by atoms with Gasteiger partial charge in [-0.05, 0) is 59.4 Å². The van der Waals surface area contributed by atoms with Gasteiger partial charge in [0.1, 0.15) is 0 Å². The summed E-state index contributed by atoms with van der Waals surface area (Å²) in [5, 5.41) is 8.72. The number of halogens is 7. The highest BCUT2D eigenvalue weighted by atomic mass is 79.9. The maximum Gasteiger partial charge on any atom is 0.471 e. The summed E-state index contributed by atoms with van der Waals surface area (Å²) in [6, 6.07) is 12.2. The molecule has 0 fully saturated rings. The van der Waals surface area contributed by atoms with Gasteiger partial charge in [0, 0.05) is 30.7 Å². The van der Waals surface area contributed by atoms with Gasteiger partial charge in [-0.25, -0.2) is 0 Å². The van der Waals surface area contributed by atoms with Crippen molar-refractivity contribution in [3.63, 3.8) is 0 Å². The van der Waals surface area contributed by atoms with E-state index in [1.807, 2.05) is 12.1 Å². The normalized spacial score (nSPS) is 15.3. The lowest BCUT2D eigenvalue weighted by Crippen LogP contribution is -2.43. The minimum Gasteiger partial charge on any atom is -0.330 e. The average molecular weight is 562 g/mol. The fourth-order valence-corrected chi connectivity index (χ4v) is 4.26. The van der Waals surface area contributed by atoms with E-state index in [1.54, 1.807) is 30.3 Å². The van der Waals surface area contributed by atoms with E-state index in [1.165, 1.54) is 0 Å². The number of hydrogen-bond donors (Lipinski definition) is 0. The Balaban J connectivity index is 0.000000196. The van der Waals surface area contributed by atoms with E-state index in [2.05, 4.69) is 15.9 Å². The second-order valence-electron chi connectivity index (χ2n) is 7.96. The van der Waals surface area contributed by atoms with Gasteiger partial charge >= 0.3 is 24.2 Å². The Morgan fingerprint density at radius 3 is 1.69 bits per heavy atom. The zero-order valence-corrected chi connectivity index (χ0v) is 19.6. The molecule has 2 aromatic rings. The highest BCUT2D eigenvalue weighted by Gasteiger charge is 2.44. The van der Waals surface area contributed by atoms with E-state index in [4.69, 9.17) is 5.26 Å². The van der Waals surface area contributed by atoms with Gasteiger partial charge in [0.25, 0.3) is 0 Å². The molecule has 5 nitrogen and oxygen atoms in total. The van der Waals surface area contributed by atoms with E-state index in [0.717, 1.165) is 31.0 Å². The molecule has 186 valence electrons. The first kappa shape index (κ1) is 26.5. The number of carbonyl (C=O) groups is 2. The summed E-state index contributed by atoms with van der Waals surface area (Å²) >= 11 is 3.31. The fourth-order valence-electron chi connectivity index (χ4n) is 3.85. The van der Waals surface area contributed by atoms with Crippen LogP contribution >= 0.6 is 15.9 Å². The summed E-state index contributed by atoms with van der Waals surface area (Å²) in [4.78, 5) is 23.8. The molecule has 2 aromatic carbocycles. The van der Waals surface area contributed by atoms with Crippen LogP contribution in [0.15, 0.2) is 40.9 Å². The van der Waals surface area contributed by atoms with Crippen molar-refractivity contribution >= 4 is 27.7 Å². The monoisotopic (exact) mass is 561 g/mol. The summed E-state index contributed by atoms with van der Waals surface area (Å²) < 4.78 is 74.6.